The van der Waals surface area contributed by atoms with Crippen molar-refractivity contribution in [1.82, 2.24) is 9.80 Å². The fourth-order valence-electron chi connectivity index (χ4n) is 4.33. The fourth-order valence-corrected chi connectivity index (χ4v) is 4.33. The molecule has 184 valence electrons. The molecule has 6 nitrogen and oxygen atoms in total. The molecule has 0 bridgehead atoms. The maximum Gasteiger partial charge on any atom is 0.193 e. The largest absolute Gasteiger partial charge is 0.494 e. The average Bonchev–Trinajstić information content (AvgIpc) is 2.85. The summed E-state index contributed by atoms with van der Waals surface area (Å²) in [6.45, 7) is 7.18. The van der Waals surface area contributed by atoms with Gasteiger partial charge in [-0.2, -0.15) is 0 Å². The van der Waals surface area contributed by atoms with E-state index in [0.29, 0.717) is 29.1 Å². The maximum atomic E-state index is 12.6. The Bertz CT molecular complexity index is 1070. The maximum absolute atomic E-state index is 12.6. The van der Waals surface area contributed by atoms with Crippen molar-refractivity contribution in [3.8, 4) is 17.1 Å². The number of hydrogen-bond donors (Lipinski definition) is 1. The first-order valence-corrected chi connectivity index (χ1v) is 12.0. The lowest BCUT2D eigenvalue weighted by molar-refractivity contribution is 0.111. The smallest absolute Gasteiger partial charge is 0.193 e. The third-order valence-electron chi connectivity index (χ3n) is 6.28. The van der Waals surface area contributed by atoms with E-state index in [0.717, 1.165) is 57.7 Å². The summed E-state index contributed by atoms with van der Waals surface area (Å²) in [4.78, 5) is 17.5. The van der Waals surface area contributed by atoms with Crippen LogP contribution in [0.3, 0.4) is 0 Å². The number of fused-ring (bicyclic) bond motifs is 1. The Morgan fingerprint density at radius 2 is 1.56 bits per heavy atom. The number of β-amino-alcohol motifs (C(OH)–C–C–N with tert-alkyl or cyclic N) is 1. The Balaban J connectivity index is 0.00000324. The second-order valence-corrected chi connectivity index (χ2v) is 8.67. The number of unbranched alkanes of at least 4 members (excludes halogenated alkanes) is 3. The highest BCUT2D eigenvalue weighted by Crippen LogP contribution is 2.24. The molecule has 1 aliphatic rings. The first kappa shape index (κ1) is 26.2. The molecule has 1 N–H and O–H groups in total. The van der Waals surface area contributed by atoms with Crippen LogP contribution in [0.25, 0.3) is 22.3 Å². The van der Waals surface area contributed by atoms with Crippen molar-refractivity contribution in [1.29, 1.82) is 0 Å². The van der Waals surface area contributed by atoms with Crippen LogP contribution >= 0.6 is 12.4 Å². The van der Waals surface area contributed by atoms with Crippen LogP contribution in [0.5, 0.6) is 5.75 Å². The van der Waals surface area contributed by atoms with E-state index in [2.05, 4.69) is 9.80 Å². The molecule has 0 atom stereocenters. The highest BCUT2D eigenvalue weighted by atomic mass is 35.5. The molecule has 34 heavy (non-hydrogen) atoms. The van der Waals surface area contributed by atoms with Crippen molar-refractivity contribution >= 4 is 23.4 Å². The van der Waals surface area contributed by atoms with Gasteiger partial charge >= 0.3 is 0 Å². The van der Waals surface area contributed by atoms with Gasteiger partial charge in [-0.05, 0) is 37.6 Å². The lowest BCUT2D eigenvalue weighted by Gasteiger charge is -2.34. The van der Waals surface area contributed by atoms with Gasteiger partial charge in [0, 0.05) is 44.4 Å². The van der Waals surface area contributed by atoms with Crippen molar-refractivity contribution in [2.75, 3.05) is 52.5 Å². The topological polar surface area (TPSA) is 66.2 Å². The lowest BCUT2D eigenvalue weighted by Crippen LogP contribution is -2.47. The molecule has 7 heteroatoms. The summed E-state index contributed by atoms with van der Waals surface area (Å²) in [5.74, 6) is 1.29. The van der Waals surface area contributed by atoms with Crippen LogP contribution in [0, 0.1) is 0 Å². The quantitative estimate of drug-likeness (QED) is 0.404. The molecule has 1 aliphatic heterocycles. The number of piperazine rings is 1. The summed E-state index contributed by atoms with van der Waals surface area (Å²) in [7, 11) is 0. The normalized spacial score (nSPS) is 14.7. The predicted molar refractivity (Wildman–Crippen MR) is 139 cm³/mol. The number of aliphatic hydroxyl groups excluding tert-OH is 1. The summed E-state index contributed by atoms with van der Waals surface area (Å²) in [5.41, 5.74) is 1.41. The molecule has 2 aromatic carbocycles. The monoisotopic (exact) mass is 486 g/mol. The summed E-state index contributed by atoms with van der Waals surface area (Å²) >= 11 is 0. The van der Waals surface area contributed by atoms with Crippen molar-refractivity contribution in [3.05, 3.63) is 64.8 Å². The van der Waals surface area contributed by atoms with Gasteiger partial charge in [-0.15, -0.1) is 12.4 Å². The average molecular weight is 487 g/mol. The molecule has 0 radical (unpaired) electrons. The third-order valence-corrected chi connectivity index (χ3v) is 6.28. The number of benzene rings is 2. The molecule has 0 saturated carbocycles. The van der Waals surface area contributed by atoms with E-state index in [9.17, 15) is 4.79 Å². The van der Waals surface area contributed by atoms with E-state index < -0.39 is 0 Å². The summed E-state index contributed by atoms with van der Waals surface area (Å²) in [5, 5.41) is 9.57. The summed E-state index contributed by atoms with van der Waals surface area (Å²) in [6, 6.07) is 16.7. The minimum Gasteiger partial charge on any atom is -0.494 e. The van der Waals surface area contributed by atoms with Gasteiger partial charge < -0.3 is 19.2 Å². The van der Waals surface area contributed by atoms with Gasteiger partial charge in [0.2, 0.25) is 0 Å². The highest BCUT2D eigenvalue weighted by Gasteiger charge is 2.15. The molecular weight excluding hydrogens is 452 g/mol. The fraction of sp³-hybridized carbons (Fsp3) is 0.444. The predicted octanol–water partition coefficient (Wildman–Crippen LogP) is 4.43. The lowest BCUT2D eigenvalue weighted by atomic mass is 10.1. The van der Waals surface area contributed by atoms with Crippen LogP contribution in [-0.4, -0.2) is 67.4 Å². The van der Waals surface area contributed by atoms with Gasteiger partial charge in [0.1, 0.15) is 17.1 Å². The van der Waals surface area contributed by atoms with Crippen molar-refractivity contribution in [3.63, 3.8) is 0 Å². The van der Waals surface area contributed by atoms with Crippen molar-refractivity contribution in [2.24, 2.45) is 0 Å². The molecule has 1 fully saturated rings. The van der Waals surface area contributed by atoms with E-state index in [1.807, 2.05) is 42.5 Å². The Labute approximate surface area is 207 Å². The van der Waals surface area contributed by atoms with Crippen LogP contribution in [0.2, 0.25) is 0 Å². The van der Waals surface area contributed by atoms with E-state index in [1.165, 1.54) is 12.8 Å². The summed E-state index contributed by atoms with van der Waals surface area (Å²) < 4.78 is 11.8. The number of halogens is 1. The zero-order chi connectivity index (χ0) is 22.9. The van der Waals surface area contributed by atoms with Gasteiger partial charge in [0.05, 0.1) is 18.6 Å². The summed E-state index contributed by atoms with van der Waals surface area (Å²) in [6.07, 6.45) is 4.55. The van der Waals surface area contributed by atoms with E-state index in [4.69, 9.17) is 14.3 Å². The van der Waals surface area contributed by atoms with Gasteiger partial charge in [0.15, 0.2) is 5.43 Å². The van der Waals surface area contributed by atoms with E-state index >= 15 is 0 Å². The molecular formula is C27H35ClN2O4. The van der Waals surface area contributed by atoms with E-state index in [-0.39, 0.29) is 24.4 Å². The molecule has 0 amide bonds. The van der Waals surface area contributed by atoms with E-state index in [1.54, 1.807) is 12.1 Å². The molecule has 3 aromatic rings. The van der Waals surface area contributed by atoms with Crippen LogP contribution in [0.4, 0.5) is 0 Å². The van der Waals surface area contributed by atoms with Gasteiger partial charge in [-0.3, -0.25) is 9.69 Å². The Morgan fingerprint density at radius 3 is 2.29 bits per heavy atom. The van der Waals surface area contributed by atoms with Crippen molar-refractivity contribution < 1.29 is 14.3 Å². The molecule has 1 saturated heterocycles. The number of aliphatic hydroxyl groups is 1. The van der Waals surface area contributed by atoms with Gasteiger partial charge in [-0.25, -0.2) is 0 Å². The zero-order valence-corrected chi connectivity index (χ0v) is 20.5. The van der Waals surface area contributed by atoms with Crippen molar-refractivity contribution in [2.45, 2.75) is 25.7 Å². The molecule has 0 spiro atoms. The minimum atomic E-state index is -0.0576. The molecule has 0 unspecified atom stereocenters. The highest BCUT2D eigenvalue weighted by molar-refractivity contribution is 5.85. The Hall–Kier alpha value is -2.38. The zero-order valence-electron chi connectivity index (χ0n) is 19.7. The van der Waals surface area contributed by atoms with Crippen LogP contribution in [0.15, 0.2) is 63.8 Å². The number of hydrogen-bond acceptors (Lipinski definition) is 6. The van der Waals surface area contributed by atoms with Gasteiger partial charge in [-0.1, -0.05) is 43.2 Å². The Kier molecular flexibility index (Phi) is 10.4. The molecule has 4 rings (SSSR count). The number of ether oxygens (including phenoxy) is 1. The molecule has 1 aromatic heterocycles. The van der Waals surface area contributed by atoms with Gasteiger partial charge in [0.25, 0.3) is 0 Å². The molecule has 2 heterocycles. The standard InChI is InChI=1S/C27H34N2O4.ClH/c30-18-17-29-15-13-28(14-16-29)12-6-1-2-7-19-32-23-10-11-26-24(20-23)25(31)21-27(33-26)22-8-4-3-5-9-22;/h3-5,8-11,20-21,30H,1-2,6-7,12-19H2;1H. The van der Waals surface area contributed by atoms with Crippen LogP contribution < -0.4 is 10.2 Å². The first-order valence-electron chi connectivity index (χ1n) is 12.0. The number of rotatable bonds is 11. The number of nitrogens with zero attached hydrogens (tertiary/aromatic N) is 2. The Morgan fingerprint density at radius 1 is 0.853 bits per heavy atom. The second kappa shape index (κ2) is 13.5. The molecule has 0 aliphatic carbocycles. The minimum absolute atomic E-state index is 0. The SMILES string of the molecule is Cl.O=c1cc(-c2ccccc2)oc2ccc(OCCCCCCN3CCN(CCO)CC3)cc12. The van der Waals surface area contributed by atoms with Crippen LogP contribution in [0.1, 0.15) is 25.7 Å². The van der Waals surface area contributed by atoms with Crippen LogP contribution in [-0.2, 0) is 0 Å². The third kappa shape index (κ3) is 7.31. The first-order chi connectivity index (χ1) is 16.2. The second-order valence-electron chi connectivity index (χ2n) is 8.67.